The third kappa shape index (κ3) is 4.64. The minimum Gasteiger partial charge on any atom is -0.481 e. The van der Waals surface area contributed by atoms with Gasteiger partial charge in [0.25, 0.3) is 11.8 Å². The van der Waals surface area contributed by atoms with E-state index in [1.54, 1.807) is 13.0 Å². The lowest BCUT2D eigenvalue weighted by Gasteiger charge is -2.15. The van der Waals surface area contributed by atoms with Crippen LogP contribution in [0.4, 0.5) is 0 Å². The summed E-state index contributed by atoms with van der Waals surface area (Å²) in [5, 5.41) is 0. The third-order valence-corrected chi connectivity index (χ3v) is 5.68. The predicted octanol–water partition coefficient (Wildman–Crippen LogP) is 3.55. The standard InChI is InChI=1S/C20H24N2O3S/c1-13-7-6-9-16(11-13)25-14(2)19(23)21-22-20(24)18-12-15-8-4-3-5-10-17(15)26-18/h6-7,9,11-12,14H,3-5,8,10H2,1-2H3,(H,21,23)(H,22,24). The molecule has 2 aromatic rings. The van der Waals surface area contributed by atoms with E-state index < -0.39 is 12.0 Å². The van der Waals surface area contributed by atoms with Gasteiger partial charge in [0, 0.05) is 4.88 Å². The van der Waals surface area contributed by atoms with E-state index >= 15 is 0 Å². The van der Waals surface area contributed by atoms with Gasteiger partial charge in [-0.2, -0.15) is 0 Å². The molecule has 1 aromatic heterocycles. The Morgan fingerprint density at radius 1 is 1.12 bits per heavy atom. The summed E-state index contributed by atoms with van der Waals surface area (Å²) in [4.78, 5) is 26.4. The largest absolute Gasteiger partial charge is 0.481 e. The first-order valence-electron chi connectivity index (χ1n) is 8.98. The number of nitrogens with one attached hydrogen (secondary N) is 2. The molecule has 0 fully saturated rings. The molecular formula is C20H24N2O3S. The first-order valence-corrected chi connectivity index (χ1v) is 9.79. The molecule has 5 nitrogen and oxygen atoms in total. The summed E-state index contributed by atoms with van der Waals surface area (Å²) < 4.78 is 5.61. The smallest absolute Gasteiger partial charge is 0.279 e. The topological polar surface area (TPSA) is 67.4 Å². The Morgan fingerprint density at radius 3 is 2.73 bits per heavy atom. The van der Waals surface area contributed by atoms with Crippen LogP contribution in [-0.2, 0) is 17.6 Å². The number of hydrogen-bond acceptors (Lipinski definition) is 4. The average molecular weight is 372 g/mol. The molecule has 0 saturated carbocycles. The number of rotatable bonds is 4. The monoisotopic (exact) mass is 372 g/mol. The maximum absolute atomic E-state index is 12.3. The lowest BCUT2D eigenvalue weighted by Crippen LogP contribution is -2.47. The Balaban J connectivity index is 1.53. The molecule has 2 amide bonds. The average Bonchev–Trinajstić information content (AvgIpc) is 2.90. The van der Waals surface area contributed by atoms with Gasteiger partial charge in [0.1, 0.15) is 5.75 Å². The maximum atomic E-state index is 12.3. The minimum atomic E-state index is -0.711. The van der Waals surface area contributed by atoms with Gasteiger partial charge >= 0.3 is 0 Å². The van der Waals surface area contributed by atoms with Crippen molar-refractivity contribution in [3.05, 3.63) is 51.2 Å². The summed E-state index contributed by atoms with van der Waals surface area (Å²) in [5.41, 5.74) is 7.28. The fourth-order valence-corrected chi connectivity index (χ4v) is 4.16. The van der Waals surface area contributed by atoms with E-state index in [1.165, 1.54) is 41.0 Å². The highest BCUT2D eigenvalue weighted by Gasteiger charge is 2.19. The quantitative estimate of drug-likeness (QED) is 0.637. The fourth-order valence-electron chi connectivity index (χ4n) is 3.01. The van der Waals surface area contributed by atoms with Gasteiger partial charge in [-0.15, -0.1) is 11.3 Å². The van der Waals surface area contributed by atoms with Gasteiger partial charge < -0.3 is 4.74 Å². The van der Waals surface area contributed by atoms with Gasteiger partial charge in [-0.25, -0.2) is 0 Å². The van der Waals surface area contributed by atoms with E-state index in [2.05, 4.69) is 10.9 Å². The summed E-state index contributed by atoms with van der Waals surface area (Å²) in [7, 11) is 0. The Kier molecular flexibility index (Phi) is 5.93. The van der Waals surface area contributed by atoms with Crippen molar-refractivity contribution in [2.24, 2.45) is 0 Å². The first-order chi connectivity index (χ1) is 12.5. The summed E-state index contributed by atoms with van der Waals surface area (Å²) >= 11 is 1.53. The number of ether oxygens (including phenoxy) is 1. The number of hydrazine groups is 1. The normalized spacial score (nSPS) is 14.7. The highest BCUT2D eigenvalue weighted by molar-refractivity contribution is 7.14. The number of thiophene rings is 1. The van der Waals surface area contributed by atoms with Gasteiger partial charge in [0.15, 0.2) is 6.10 Å². The van der Waals surface area contributed by atoms with E-state index in [1.807, 2.05) is 31.2 Å². The van der Waals surface area contributed by atoms with Gasteiger partial charge in [0.05, 0.1) is 4.88 Å². The highest BCUT2D eigenvalue weighted by atomic mass is 32.1. The van der Waals surface area contributed by atoms with Crippen LogP contribution in [0.15, 0.2) is 30.3 Å². The van der Waals surface area contributed by atoms with Crippen LogP contribution in [0.5, 0.6) is 5.75 Å². The molecule has 0 spiro atoms. The molecule has 0 saturated heterocycles. The highest BCUT2D eigenvalue weighted by Crippen LogP contribution is 2.28. The Labute approximate surface area is 157 Å². The number of aryl methyl sites for hydroxylation is 3. The molecule has 1 unspecified atom stereocenters. The third-order valence-electron chi connectivity index (χ3n) is 4.44. The van der Waals surface area contributed by atoms with Crippen molar-refractivity contribution in [3.63, 3.8) is 0 Å². The van der Waals surface area contributed by atoms with Crippen molar-refractivity contribution in [2.75, 3.05) is 0 Å². The van der Waals surface area contributed by atoms with Crippen LogP contribution in [0.25, 0.3) is 0 Å². The van der Waals surface area contributed by atoms with Crippen molar-refractivity contribution in [2.45, 2.75) is 52.1 Å². The number of carbonyl (C=O) groups excluding carboxylic acids is 2. The van der Waals surface area contributed by atoms with Crippen LogP contribution in [0.3, 0.4) is 0 Å². The second kappa shape index (κ2) is 8.36. The molecular weight excluding hydrogens is 348 g/mol. The molecule has 1 atom stereocenters. The number of benzene rings is 1. The summed E-state index contributed by atoms with van der Waals surface area (Å²) in [6, 6.07) is 9.45. The second-order valence-electron chi connectivity index (χ2n) is 6.64. The van der Waals surface area contributed by atoms with E-state index in [-0.39, 0.29) is 5.91 Å². The lowest BCUT2D eigenvalue weighted by molar-refractivity contribution is -0.128. The lowest BCUT2D eigenvalue weighted by atomic mass is 10.1. The molecule has 6 heteroatoms. The summed E-state index contributed by atoms with van der Waals surface area (Å²) in [6.45, 7) is 3.61. The van der Waals surface area contributed by atoms with Crippen LogP contribution in [0, 0.1) is 6.92 Å². The summed E-state index contributed by atoms with van der Waals surface area (Å²) in [5.74, 6) is -0.0434. The molecule has 138 valence electrons. The van der Waals surface area contributed by atoms with Gasteiger partial charge in [-0.05, 0) is 68.9 Å². The molecule has 0 aliphatic heterocycles. The van der Waals surface area contributed by atoms with Gasteiger partial charge in [-0.3, -0.25) is 20.4 Å². The molecule has 0 bridgehead atoms. The zero-order chi connectivity index (χ0) is 18.5. The number of carbonyl (C=O) groups is 2. The Bertz CT molecular complexity index is 777. The fraction of sp³-hybridized carbons (Fsp3) is 0.400. The van der Waals surface area contributed by atoms with Crippen molar-refractivity contribution in [1.82, 2.24) is 10.9 Å². The maximum Gasteiger partial charge on any atom is 0.279 e. The van der Waals surface area contributed by atoms with Gasteiger partial charge in [0.2, 0.25) is 0 Å². The number of amides is 2. The molecule has 2 N–H and O–H groups in total. The Morgan fingerprint density at radius 2 is 1.92 bits per heavy atom. The van der Waals surface area contributed by atoms with Crippen LogP contribution in [-0.4, -0.2) is 17.9 Å². The van der Waals surface area contributed by atoms with Crippen molar-refractivity contribution < 1.29 is 14.3 Å². The SMILES string of the molecule is Cc1cccc(OC(C)C(=O)NNC(=O)c2cc3c(s2)CCCCC3)c1. The first kappa shape index (κ1) is 18.5. The number of fused-ring (bicyclic) bond motifs is 1. The van der Waals surface area contributed by atoms with E-state index in [0.717, 1.165) is 18.4 Å². The van der Waals surface area contributed by atoms with E-state index in [0.29, 0.717) is 10.6 Å². The molecule has 1 aliphatic carbocycles. The number of hydrogen-bond donors (Lipinski definition) is 2. The van der Waals surface area contributed by atoms with Gasteiger partial charge in [-0.1, -0.05) is 18.6 Å². The van der Waals surface area contributed by atoms with E-state index in [9.17, 15) is 9.59 Å². The zero-order valence-electron chi connectivity index (χ0n) is 15.1. The predicted molar refractivity (Wildman–Crippen MR) is 102 cm³/mol. The van der Waals surface area contributed by atoms with Crippen LogP contribution in [0.1, 0.15) is 51.9 Å². The molecule has 3 rings (SSSR count). The van der Waals surface area contributed by atoms with Crippen LogP contribution in [0.2, 0.25) is 0 Å². The molecule has 0 radical (unpaired) electrons. The van der Waals surface area contributed by atoms with Crippen molar-refractivity contribution in [1.29, 1.82) is 0 Å². The molecule has 26 heavy (non-hydrogen) atoms. The molecule has 1 aromatic carbocycles. The van der Waals surface area contributed by atoms with Crippen molar-refractivity contribution >= 4 is 23.2 Å². The zero-order valence-corrected chi connectivity index (χ0v) is 15.9. The van der Waals surface area contributed by atoms with E-state index in [4.69, 9.17) is 4.74 Å². The van der Waals surface area contributed by atoms with Crippen LogP contribution < -0.4 is 15.6 Å². The molecule has 1 heterocycles. The molecule has 1 aliphatic rings. The minimum absolute atomic E-state index is 0.279. The van der Waals surface area contributed by atoms with Crippen LogP contribution >= 0.6 is 11.3 Å². The Hall–Kier alpha value is -2.34. The second-order valence-corrected chi connectivity index (χ2v) is 7.78. The summed E-state index contributed by atoms with van der Waals surface area (Å²) in [6.07, 6.45) is 4.97. The van der Waals surface area contributed by atoms with Crippen molar-refractivity contribution in [3.8, 4) is 5.75 Å².